The monoisotopic (exact) mass is 301 g/mol. The van der Waals surface area contributed by atoms with E-state index in [1.165, 1.54) is 11.3 Å². The minimum absolute atomic E-state index is 0.0594. The van der Waals surface area contributed by atoms with Gasteiger partial charge in [0.25, 0.3) is 5.91 Å². The van der Waals surface area contributed by atoms with Gasteiger partial charge in [-0.3, -0.25) is 4.79 Å². The highest BCUT2D eigenvalue weighted by Crippen LogP contribution is 2.24. The van der Waals surface area contributed by atoms with Gasteiger partial charge in [0.05, 0.1) is 0 Å². The van der Waals surface area contributed by atoms with Crippen molar-refractivity contribution in [3.8, 4) is 10.6 Å². The van der Waals surface area contributed by atoms with Crippen LogP contribution >= 0.6 is 11.3 Å². The Balaban J connectivity index is 1.70. The van der Waals surface area contributed by atoms with Crippen LogP contribution in [0.15, 0.2) is 35.7 Å². The highest BCUT2D eigenvalue weighted by molar-refractivity contribution is 7.13. The van der Waals surface area contributed by atoms with E-state index in [0.717, 1.165) is 43.3 Å². The van der Waals surface area contributed by atoms with E-state index in [0.29, 0.717) is 5.69 Å². The summed E-state index contributed by atoms with van der Waals surface area (Å²) >= 11 is 1.53. The molecule has 110 valence electrons. The van der Waals surface area contributed by atoms with E-state index in [2.05, 4.69) is 16.8 Å². The van der Waals surface area contributed by atoms with Gasteiger partial charge in [0.1, 0.15) is 10.7 Å². The third-order valence-electron chi connectivity index (χ3n) is 3.85. The molecule has 4 nitrogen and oxygen atoms in total. The second-order valence-electron chi connectivity index (χ2n) is 5.13. The van der Waals surface area contributed by atoms with Gasteiger partial charge in [0, 0.05) is 37.1 Å². The fourth-order valence-electron chi connectivity index (χ4n) is 2.51. The molecule has 2 aromatic rings. The molecule has 0 spiro atoms. The van der Waals surface area contributed by atoms with Gasteiger partial charge in [-0.15, -0.1) is 11.3 Å². The number of benzene rings is 1. The van der Waals surface area contributed by atoms with Crippen molar-refractivity contribution in [2.75, 3.05) is 32.7 Å². The van der Waals surface area contributed by atoms with Gasteiger partial charge >= 0.3 is 0 Å². The highest BCUT2D eigenvalue weighted by atomic mass is 32.1. The Morgan fingerprint density at radius 2 is 1.90 bits per heavy atom. The van der Waals surface area contributed by atoms with Crippen LogP contribution < -0.4 is 0 Å². The molecule has 3 rings (SSSR count). The maximum Gasteiger partial charge on any atom is 0.273 e. The molecule has 1 aliphatic heterocycles. The molecule has 1 saturated heterocycles. The smallest absolute Gasteiger partial charge is 0.273 e. The third-order valence-corrected chi connectivity index (χ3v) is 4.74. The molecule has 0 radical (unpaired) electrons. The summed E-state index contributed by atoms with van der Waals surface area (Å²) in [5.41, 5.74) is 1.64. The Morgan fingerprint density at radius 3 is 2.57 bits per heavy atom. The third kappa shape index (κ3) is 3.14. The summed E-state index contributed by atoms with van der Waals surface area (Å²) in [6.45, 7) is 6.71. The second-order valence-corrected chi connectivity index (χ2v) is 5.99. The molecule has 1 aliphatic rings. The van der Waals surface area contributed by atoms with Crippen molar-refractivity contribution >= 4 is 17.2 Å². The first-order valence-electron chi connectivity index (χ1n) is 7.30. The number of carbonyl (C=O) groups excluding carboxylic acids is 1. The molecule has 0 atom stereocenters. The van der Waals surface area contributed by atoms with E-state index < -0.39 is 0 Å². The standard InChI is InChI=1S/C16H19N3OS/c1-2-18-8-10-19(11-9-18)16(20)14-12-21-15(17-14)13-6-4-3-5-7-13/h3-7,12H,2,8-11H2,1H3. The summed E-state index contributed by atoms with van der Waals surface area (Å²) < 4.78 is 0. The molecular formula is C16H19N3OS. The van der Waals surface area contributed by atoms with E-state index in [-0.39, 0.29) is 5.91 Å². The number of carbonyl (C=O) groups is 1. The van der Waals surface area contributed by atoms with Crippen LogP contribution in [0.5, 0.6) is 0 Å². The SMILES string of the molecule is CCN1CCN(C(=O)c2csc(-c3ccccc3)n2)CC1. The Morgan fingerprint density at radius 1 is 1.19 bits per heavy atom. The number of rotatable bonds is 3. The summed E-state index contributed by atoms with van der Waals surface area (Å²) in [6.07, 6.45) is 0. The lowest BCUT2D eigenvalue weighted by atomic mass is 10.2. The molecule has 0 bridgehead atoms. The molecule has 1 fully saturated rings. The fraction of sp³-hybridized carbons (Fsp3) is 0.375. The summed E-state index contributed by atoms with van der Waals surface area (Å²) in [5, 5.41) is 2.78. The average molecular weight is 301 g/mol. The van der Waals surface area contributed by atoms with Crippen molar-refractivity contribution in [3.63, 3.8) is 0 Å². The van der Waals surface area contributed by atoms with Crippen LogP contribution in [0.2, 0.25) is 0 Å². The zero-order chi connectivity index (χ0) is 14.7. The lowest BCUT2D eigenvalue weighted by Gasteiger charge is -2.33. The van der Waals surface area contributed by atoms with Gasteiger partial charge in [0.15, 0.2) is 0 Å². The quantitative estimate of drug-likeness (QED) is 0.874. The number of amides is 1. The summed E-state index contributed by atoms with van der Waals surface area (Å²) in [7, 11) is 0. The molecule has 1 aromatic heterocycles. The first-order chi connectivity index (χ1) is 10.3. The predicted molar refractivity (Wildman–Crippen MR) is 85.6 cm³/mol. The van der Waals surface area contributed by atoms with Crippen molar-refractivity contribution < 1.29 is 4.79 Å². The second kappa shape index (κ2) is 6.37. The van der Waals surface area contributed by atoms with Crippen LogP contribution in [0.3, 0.4) is 0 Å². The first kappa shape index (κ1) is 14.2. The van der Waals surface area contributed by atoms with E-state index >= 15 is 0 Å². The topological polar surface area (TPSA) is 36.4 Å². The van der Waals surface area contributed by atoms with Crippen LogP contribution in [-0.4, -0.2) is 53.4 Å². The van der Waals surface area contributed by atoms with E-state index in [1.54, 1.807) is 0 Å². The van der Waals surface area contributed by atoms with Crippen LogP contribution in [0.1, 0.15) is 17.4 Å². The molecule has 0 saturated carbocycles. The molecule has 0 unspecified atom stereocenters. The number of piperazine rings is 1. The summed E-state index contributed by atoms with van der Waals surface area (Å²) in [6, 6.07) is 10.0. The van der Waals surface area contributed by atoms with Crippen LogP contribution in [0.25, 0.3) is 10.6 Å². The number of thiazole rings is 1. The molecule has 5 heteroatoms. The Hall–Kier alpha value is -1.72. The maximum absolute atomic E-state index is 12.5. The van der Waals surface area contributed by atoms with Gasteiger partial charge in [-0.05, 0) is 6.54 Å². The van der Waals surface area contributed by atoms with Crippen molar-refractivity contribution in [1.82, 2.24) is 14.8 Å². The molecular weight excluding hydrogens is 282 g/mol. The minimum Gasteiger partial charge on any atom is -0.335 e. The zero-order valence-electron chi connectivity index (χ0n) is 12.2. The Labute approximate surface area is 129 Å². The summed E-state index contributed by atoms with van der Waals surface area (Å²) in [4.78, 5) is 21.3. The van der Waals surface area contributed by atoms with Gasteiger partial charge in [-0.2, -0.15) is 0 Å². The maximum atomic E-state index is 12.5. The zero-order valence-corrected chi connectivity index (χ0v) is 13.0. The number of aromatic nitrogens is 1. The number of hydrogen-bond donors (Lipinski definition) is 0. The lowest BCUT2D eigenvalue weighted by molar-refractivity contribution is 0.0638. The molecule has 1 aromatic carbocycles. The van der Waals surface area contributed by atoms with Crippen molar-refractivity contribution in [2.45, 2.75) is 6.92 Å². The van der Waals surface area contributed by atoms with Gasteiger partial charge in [0.2, 0.25) is 0 Å². The van der Waals surface area contributed by atoms with Crippen LogP contribution in [0.4, 0.5) is 0 Å². The lowest BCUT2D eigenvalue weighted by Crippen LogP contribution is -2.48. The van der Waals surface area contributed by atoms with Gasteiger partial charge < -0.3 is 9.80 Å². The predicted octanol–water partition coefficient (Wildman–Crippen LogP) is 2.59. The summed E-state index contributed by atoms with van der Waals surface area (Å²) in [5.74, 6) is 0.0594. The molecule has 1 amide bonds. The van der Waals surface area contributed by atoms with Crippen LogP contribution in [0, 0.1) is 0 Å². The van der Waals surface area contributed by atoms with Gasteiger partial charge in [-0.25, -0.2) is 4.98 Å². The Kier molecular flexibility index (Phi) is 4.31. The molecule has 0 aliphatic carbocycles. The highest BCUT2D eigenvalue weighted by Gasteiger charge is 2.23. The molecule has 2 heterocycles. The van der Waals surface area contributed by atoms with Crippen LogP contribution in [-0.2, 0) is 0 Å². The average Bonchev–Trinajstić information content (AvgIpc) is 3.05. The van der Waals surface area contributed by atoms with E-state index in [9.17, 15) is 4.79 Å². The normalized spacial score (nSPS) is 16.1. The van der Waals surface area contributed by atoms with Gasteiger partial charge in [-0.1, -0.05) is 37.3 Å². The number of nitrogens with zero attached hydrogens (tertiary/aromatic N) is 3. The number of likely N-dealkylation sites (N-methyl/N-ethyl adjacent to an activating group) is 1. The van der Waals surface area contributed by atoms with E-state index in [4.69, 9.17) is 0 Å². The largest absolute Gasteiger partial charge is 0.335 e. The Bertz CT molecular complexity index is 603. The minimum atomic E-state index is 0.0594. The van der Waals surface area contributed by atoms with E-state index in [1.807, 2.05) is 40.6 Å². The molecule has 21 heavy (non-hydrogen) atoms. The van der Waals surface area contributed by atoms with Crippen molar-refractivity contribution in [2.24, 2.45) is 0 Å². The van der Waals surface area contributed by atoms with Crippen molar-refractivity contribution in [3.05, 3.63) is 41.4 Å². The fourth-order valence-corrected chi connectivity index (χ4v) is 3.31. The molecule has 0 N–H and O–H groups in total. The van der Waals surface area contributed by atoms with Crippen molar-refractivity contribution in [1.29, 1.82) is 0 Å². The first-order valence-corrected chi connectivity index (χ1v) is 8.18. The number of hydrogen-bond acceptors (Lipinski definition) is 4.